The van der Waals surface area contributed by atoms with E-state index in [-0.39, 0.29) is 25.2 Å². The molecule has 2 amide bonds. The number of nitrogens with one attached hydrogen (secondary N) is 3. The summed E-state index contributed by atoms with van der Waals surface area (Å²) in [5.74, 6) is 0. The fourth-order valence-electron chi connectivity index (χ4n) is 1.79. The van der Waals surface area contributed by atoms with Gasteiger partial charge in [0.15, 0.2) is 0 Å². The van der Waals surface area contributed by atoms with Crippen molar-refractivity contribution in [1.82, 2.24) is 15.4 Å². The van der Waals surface area contributed by atoms with Crippen LogP contribution in [0.2, 0.25) is 0 Å². The number of carbonyl (C=O) groups excluding carboxylic acids is 1. The van der Waals surface area contributed by atoms with Crippen LogP contribution in [0.1, 0.15) is 18.9 Å². The van der Waals surface area contributed by atoms with Gasteiger partial charge < -0.3 is 10.6 Å². The lowest BCUT2D eigenvalue weighted by Gasteiger charge is -2.14. The molecule has 0 aliphatic heterocycles. The molecular weight excluding hydrogens is 290 g/mol. The topological polar surface area (TPSA) is 87.3 Å². The van der Waals surface area contributed by atoms with E-state index in [1.165, 1.54) is 5.56 Å². The third-order valence-electron chi connectivity index (χ3n) is 2.86. The Bertz CT molecular complexity index is 532. The maximum absolute atomic E-state index is 11.6. The number of aryl methyl sites for hydroxylation is 1. The monoisotopic (exact) mass is 313 g/mol. The fourth-order valence-corrected chi connectivity index (χ4v) is 2.26. The van der Waals surface area contributed by atoms with Crippen LogP contribution < -0.4 is 15.4 Å². The summed E-state index contributed by atoms with van der Waals surface area (Å²) in [6.45, 7) is 2.38. The van der Waals surface area contributed by atoms with Gasteiger partial charge in [-0.25, -0.2) is 17.9 Å². The first-order valence-corrected chi connectivity index (χ1v) is 8.79. The first-order valence-electron chi connectivity index (χ1n) is 6.90. The second-order valence-corrected chi connectivity index (χ2v) is 6.83. The van der Waals surface area contributed by atoms with Crippen LogP contribution in [0.25, 0.3) is 0 Å². The number of hydrogen-bond donors (Lipinski definition) is 3. The van der Waals surface area contributed by atoms with Crippen LogP contribution in [-0.4, -0.2) is 39.8 Å². The fraction of sp³-hybridized carbons (Fsp3) is 0.500. The Balaban J connectivity index is 2.16. The summed E-state index contributed by atoms with van der Waals surface area (Å²) in [5, 5.41) is 5.43. The Hall–Kier alpha value is -1.60. The highest BCUT2D eigenvalue weighted by Crippen LogP contribution is 2.04. The molecule has 0 radical (unpaired) electrons. The average Bonchev–Trinajstić information content (AvgIpc) is 2.41. The van der Waals surface area contributed by atoms with Crippen LogP contribution in [0.15, 0.2) is 30.3 Å². The molecule has 1 aromatic carbocycles. The van der Waals surface area contributed by atoms with Crippen molar-refractivity contribution in [2.75, 3.05) is 19.3 Å². The van der Waals surface area contributed by atoms with Crippen molar-refractivity contribution in [3.8, 4) is 0 Å². The summed E-state index contributed by atoms with van der Waals surface area (Å²) >= 11 is 0. The van der Waals surface area contributed by atoms with Gasteiger partial charge in [0.1, 0.15) is 0 Å². The number of benzene rings is 1. The third-order valence-corrected chi connectivity index (χ3v) is 3.59. The summed E-state index contributed by atoms with van der Waals surface area (Å²) in [6, 6.07) is 9.85. The van der Waals surface area contributed by atoms with E-state index in [0.29, 0.717) is 0 Å². The molecule has 0 fully saturated rings. The van der Waals surface area contributed by atoms with Crippen LogP contribution in [0.3, 0.4) is 0 Å². The molecular formula is C14H23N3O3S. The first-order chi connectivity index (χ1) is 9.87. The molecule has 6 nitrogen and oxygen atoms in total. The number of carbonyl (C=O) groups is 1. The van der Waals surface area contributed by atoms with E-state index in [4.69, 9.17) is 0 Å². The Morgan fingerprint density at radius 1 is 1.19 bits per heavy atom. The van der Waals surface area contributed by atoms with E-state index in [0.717, 1.165) is 19.1 Å². The zero-order valence-electron chi connectivity index (χ0n) is 12.4. The Labute approximate surface area is 126 Å². The molecule has 3 N–H and O–H groups in total. The predicted octanol–water partition coefficient (Wildman–Crippen LogP) is 0.856. The van der Waals surface area contributed by atoms with Gasteiger partial charge in [0.05, 0.1) is 6.26 Å². The zero-order valence-corrected chi connectivity index (χ0v) is 13.2. The van der Waals surface area contributed by atoms with Crippen molar-refractivity contribution in [2.45, 2.75) is 25.8 Å². The van der Waals surface area contributed by atoms with Crippen LogP contribution in [0.5, 0.6) is 0 Å². The molecule has 0 aliphatic carbocycles. The molecule has 0 aromatic heterocycles. The van der Waals surface area contributed by atoms with Gasteiger partial charge in [-0.15, -0.1) is 0 Å². The Kier molecular flexibility index (Phi) is 7.18. The van der Waals surface area contributed by atoms with E-state index >= 15 is 0 Å². The van der Waals surface area contributed by atoms with Gasteiger partial charge in [-0.2, -0.15) is 0 Å². The van der Waals surface area contributed by atoms with Crippen molar-refractivity contribution in [1.29, 1.82) is 0 Å². The molecule has 1 rings (SSSR count). The zero-order chi connectivity index (χ0) is 15.7. The highest BCUT2D eigenvalue weighted by molar-refractivity contribution is 7.88. The lowest BCUT2D eigenvalue weighted by atomic mass is 10.1. The summed E-state index contributed by atoms with van der Waals surface area (Å²) in [7, 11) is -3.21. The van der Waals surface area contributed by atoms with Crippen molar-refractivity contribution in [2.24, 2.45) is 0 Å². The minimum atomic E-state index is -3.21. The SMILES string of the molecule is CC(CCc1ccccc1)NC(=O)NCCNS(C)(=O)=O. The van der Waals surface area contributed by atoms with Gasteiger partial charge in [-0.3, -0.25) is 0 Å². The molecule has 1 unspecified atom stereocenters. The van der Waals surface area contributed by atoms with Gasteiger partial charge in [-0.05, 0) is 25.3 Å². The van der Waals surface area contributed by atoms with Crippen molar-refractivity contribution >= 4 is 16.1 Å². The smallest absolute Gasteiger partial charge is 0.315 e. The molecule has 0 saturated heterocycles. The maximum Gasteiger partial charge on any atom is 0.315 e. The average molecular weight is 313 g/mol. The van der Waals surface area contributed by atoms with Gasteiger partial charge >= 0.3 is 6.03 Å². The molecule has 0 bridgehead atoms. The number of amides is 2. The van der Waals surface area contributed by atoms with Gasteiger partial charge in [0, 0.05) is 19.1 Å². The molecule has 1 aromatic rings. The predicted molar refractivity (Wildman–Crippen MR) is 83.6 cm³/mol. The first kappa shape index (κ1) is 17.5. The number of sulfonamides is 1. The van der Waals surface area contributed by atoms with Crippen LogP contribution in [0, 0.1) is 0 Å². The summed E-state index contributed by atoms with van der Waals surface area (Å²) < 4.78 is 24.0. The number of rotatable bonds is 8. The third kappa shape index (κ3) is 9.04. The Morgan fingerprint density at radius 3 is 2.48 bits per heavy atom. The van der Waals surface area contributed by atoms with E-state index < -0.39 is 10.0 Å². The number of urea groups is 1. The molecule has 0 heterocycles. The summed E-state index contributed by atoms with van der Waals surface area (Å²) in [4.78, 5) is 11.6. The lowest BCUT2D eigenvalue weighted by molar-refractivity contribution is 0.237. The largest absolute Gasteiger partial charge is 0.337 e. The van der Waals surface area contributed by atoms with Gasteiger partial charge in [0.25, 0.3) is 0 Å². The summed E-state index contributed by atoms with van der Waals surface area (Å²) in [6.07, 6.45) is 2.83. The van der Waals surface area contributed by atoms with Crippen molar-refractivity contribution < 1.29 is 13.2 Å². The quantitative estimate of drug-likeness (QED) is 0.622. The van der Waals surface area contributed by atoms with Crippen molar-refractivity contribution in [3.05, 3.63) is 35.9 Å². The maximum atomic E-state index is 11.6. The second-order valence-electron chi connectivity index (χ2n) is 4.99. The van der Waals surface area contributed by atoms with E-state index in [2.05, 4.69) is 27.5 Å². The molecule has 118 valence electrons. The van der Waals surface area contributed by atoms with E-state index in [9.17, 15) is 13.2 Å². The molecule has 21 heavy (non-hydrogen) atoms. The van der Waals surface area contributed by atoms with Crippen LogP contribution in [0.4, 0.5) is 4.79 Å². The Morgan fingerprint density at radius 2 is 1.86 bits per heavy atom. The molecule has 0 aliphatic rings. The van der Waals surface area contributed by atoms with Gasteiger partial charge in [0.2, 0.25) is 10.0 Å². The minimum absolute atomic E-state index is 0.0491. The number of hydrogen-bond acceptors (Lipinski definition) is 3. The van der Waals surface area contributed by atoms with Gasteiger partial charge in [-0.1, -0.05) is 30.3 Å². The molecule has 1 atom stereocenters. The van der Waals surface area contributed by atoms with E-state index in [1.807, 2.05) is 25.1 Å². The molecule has 0 spiro atoms. The normalized spacial score (nSPS) is 12.7. The molecule has 0 saturated carbocycles. The lowest BCUT2D eigenvalue weighted by Crippen LogP contribution is -2.43. The minimum Gasteiger partial charge on any atom is -0.337 e. The standard InChI is InChI=1S/C14H23N3O3S/c1-12(8-9-13-6-4-3-5-7-13)17-14(18)15-10-11-16-21(2,19)20/h3-7,12,16H,8-11H2,1-2H3,(H2,15,17,18). The molecule has 7 heteroatoms. The van der Waals surface area contributed by atoms with Crippen LogP contribution >= 0.6 is 0 Å². The highest BCUT2D eigenvalue weighted by atomic mass is 32.2. The van der Waals surface area contributed by atoms with Crippen LogP contribution in [-0.2, 0) is 16.4 Å². The van der Waals surface area contributed by atoms with E-state index in [1.54, 1.807) is 0 Å². The second kappa shape index (κ2) is 8.63. The highest BCUT2D eigenvalue weighted by Gasteiger charge is 2.07. The summed E-state index contributed by atoms with van der Waals surface area (Å²) in [5.41, 5.74) is 1.24. The van der Waals surface area contributed by atoms with Crippen molar-refractivity contribution in [3.63, 3.8) is 0 Å².